The Morgan fingerprint density at radius 1 is 1.12 bits per heavy atom. The Bertz CT molecular complexity index is 1650. The highest BCUT2D eigenvalue weighted by Gasteiger charge is 2.24. The van der Waals surface area contributed by atoms with Crippen molar-refractivity contribution in [2.24, 2.45) is 0 Å². The normalized spacial score (nSPS) is 12.9. The van der Waals surface area contributed by atoms with Crippen LogP contribution in [0.2, 0.25) is 0 Å². The van der Waals surface area contributed by atoms with Crippen LogP contribution in [0.1, 0.15) is 40.2 Å². The Morgan fingerprint density at radius 3 is 2.66 bits per heavy atom. The van der Waals surface area contributed by atoms with Crippen molar-refractivity contribution in [1.82, 2.24) is 35.8 Å². The van der Waals surface area contributed by atoms with Crippen LogP contribution in [0.5, 0.6) is 0 Å². The van der Waals surface area contributed by atoms with Gasteiger partial charge in [0, 0.05) is 34.8 Å². The number of hydrogen-bond donors (Lipinski definition) is 6. The summed E-state index contributed by atoms with van der Waals surface area (Å²) >= 11 is 1.59. The molecular weight excluding hydrogens is 538 g/mol. The number of nitrogens with zero attached hydrogens (tertiary/aromatic N) is 3. The van der Waals surface area contributed by atoms with Crippen LogP contribution in [0.4, 0.5) is 0 Å². The summed E-state index contributed by atoms with van der Waals surface area (Å²) in [6.45, 7) is 5.36. The van der Waals surface area contributed by atoms with E-state index in [0.29, 0.717) is 17.1 Å². The van der Waals surface area contributed by atoms with Crippen molar-refractivity contribution in [1.29, 1.82) is 0 Å². The van der Waals surface area contributed by atoms with Gasteiger partial charge in [0.1, 0.15) is 17.5 Å². The summed E-state index contributed by atoms with van der Waals surface area (Å²) in [7, 11) is 0. The molecule has 0 aliphatic rings. The van der Waals surface area contributed by atoms with Gasteiger partial charge in [-0.15, -0.1) is 11.8 Å². The molecule has 5 rings (SSSR count). The van der Waals surface area contributed by atoms with E-state index in [9.17, 15) is 15.0 Å². The number of thioether (sulfide) groups is 1. The van der Waals surface area contributed by atoms with Crippen LogP contribution in [-0.4, -0.2) is 66.7 Å². The summed E-state index contributed by atoms with van der Waals surface area (Å²) in [5.41, 5.74) is 6.52. The number of aliphatic hydroxyl groups is 2. The molecule has 2 aromatic carbocycles. The number of imidazole rings is 1. The van der Waals surface area contributed by atoms with Gasteiger partial charge < -0.3 is 25.8 Å². The minimum Gasteiger partial charge on any atom is -0.394 e. The number of benzene rings is 2. The average molecular weight is 572 g/mol. The number of fused-ring (bicyclic) bond motifs is 1. The highest BCUT2D eigenvalue weighted by Crippen LogP contribution is 2.31. The summed E-state index contributed by atoms with van der Waals surface area (Å²) in [5.74, 6) is -0.0784. The lowest BCUT2D eigenvalue weighted by Crippen LogP contribution is -2.42. The number of amides is 1. The zero-order valence-corrected chi connectivity index (χ0v) is 23.9. The van der Waals surface area contributed by atoms with Gasteiger partial charge in [-0.1, -0.05) is 25.1 Å². The molecule has 0 saturated heterocycles. The van der Waals surface area contributed by atoms with Crippen LogP contribution < -0.4 is 10.6 Å². The number of aromatic nitrogens is 5. The molecule has 212 valence electrons. The van der Waals surface area contributed by atoms with E-state index in [-0.39, 0.29) is 5.69 Å². The van der Waals surface area contributed by atoms with Gasteiger partial charge in [-0.25, -0.2) is 4.98 Å². The highest BCUT2D eigenvalue weighted by molar-refractivity contribution is 7.98. The zero-order valence-electron chi connectivity index (χ0n) is 23.1. The second kappa shape index (κ2) is 12.6. The first-order chi connectivity index (χ1) is 19.9. The van der Waals surface area contributed by atoms with Crippen LogP contribution in [0.15, 0.2) is 66.0 Å². The number of rotatable bonds is 11. The van der Waals surface area contributed by atoms with Crippen molar-refractivity contribution in [2.45, 2.75) is 37.4 Å². The van der Waals surface area contributed by atoms with Crippen molar-refractivity contribution < 1.29 is 15.0 Å². The third kappa shape index (κ3) is 6.03. The molecule has 3 aromatic heterocycles. The molecule has 1 amide bonds. The quantitative estimate of drug-likeness (QED) is 0.130. The third-order valence-corrected chi connectivity index (χ3v) is 7.90. The monoisotopic (exact) mass is 571 g/mol. The van der Waals surface area contributed by atoms with E-state index >= 15 is 0 Å². The zero-order chi connectivity index (χ0) is 28.9. The molecule has 0 aliphatic carbocycles. The molecule has 6 N–H and O–H groups in total. The van der Waals surface area contributed by atoms with Gasteiger partial charge in [-0.2, -0.15) is 5.10 Å². The molecule has 0 unspecified atom stereocenters. The van der Waals surface area contributed by atoms with Crippen LogP contribution >= 0.6 is 11.8 Å². The molecule has 3 heterocycles. The fourth-order valence-corrected chi connectivity index (χ4v) is 5.13. The first-order valence-corrected chi connectivity index (χ1v) is 14.6. The van der Waals surface area contributed by atoms with Crippen LogP contribution in [0.25, 0.3) is 33.5 Å². The van der Waals surface area contributed by atoms with Gasteiger partial charge in [0.25, 0.3) is 5.91 Å². The van der Waals surface area contributed by atoms with Gasteiger partial charge in [-0.05, 0) is 66.2 Å². The largest absolute Gasteiger partial charge is 0.394 e. The van der Waals surface area contributed by atoms with Crippen molar-refractivity contribution in [3.8, 4) is 22.6 Å². The minimum absolute atomic E-state index is 0.187. The Morgan fingerprint density at radius 2 is 1.93 bits per heavy atom. The van der Waals surface area contributed by atoms with Gasteiger partial charge in [0.2, 0.25) is 0 Å². The van der Waals surface area contributed by atoms with Crippen molar-refractivity contribution in [3.63, 3.8) is 0 Å². The number of nitrogens with one attached hydrogen (secondary N) is 4. The highest BCUT2D eigenvalue weighted by atomic mass is 32.2. The predicted molar refractivity (Wildman–Crippen MR) is 161 cm³/mol. The molecule has 0 saturated carbocycles. The Balaban J connectivity index is 1.37. The summed E-state index contributed by atoms with van der Waals surface area (Å²) in [6.07, 6.45) is 6.06. The number of aliphatic hydroxyl groups excluding tert-OH is 2. The van der Waals surface area contributed by atoms with E-state index in [1.54, 1.807) is 23.9 Å². The number of carbonyl (C=O) groups excluding carboxylic acids is 1. The third-order valence-electron chi connectivity index (χ3n) is 7.16. The number of hydrogen-bond acceptors (Lipinski definition) is 8. The molecule has 10 nitrogen and oxygen atoms in total. The predicted octanol–water partition coefficient (Wildman–Crippen LogP) is 3.98. The lowest BCUT2D eigenvalue weighted by Gasteiger charge is -2.22. The standard InChI is InChI=1S/C30H33N7O3S/c1-4-31-12-20-13-32-14-23(17(20)2)19-7-10-24-22(11-19)27(37-36-24)29-33-15-25(34-29)30(40)35-26(16-38)28(39)18-5-8-21(41-3)9-6-18/h5-11,13-15,26,28,31,38-39H,4,12,16H2,1-3H3,(H,33,34)(H,35,40)(H,36,37)/t26-,28-/m0/s1. The van der Waals surface area contributed by atoms with Crippen LogP contribution in [0, 0.1) is 6.92 Å². The molecule has 0 bridgehead atoms. The van der Waals surface area contributed by atoms with E-state index in [2.05, 4.69) is 49.6 Å². The van der Waals surface area contributed by atoms with Gasteiger partial charge >= 0.3 is 0 Å². The van der Waals surface area contributed by atoms with Crippen LogP contribution in [0.3, 0.4) is 0 Å². The maximum atomic E-state index is 13.0. The smallest absolute Gasteiger partial charge is 0.269 e. The lowest BCUT2D eigenvalue weighted by molar-refractivity contribution is 0.0699. The average Bonchev–Trinajstić information content (AvgIpc) is 3.66. The molecule has 5 aromatic rings. The summed E-state index contributed by atoms with van der Waals surface area (Å²) in [5, 5.41) is 35.1. The van der Waals surface area contributed by atoms with Gasteiger partial charge in [0.15, 0.2) is 5.82 Å². The number of pyridine rings is 1. The van der Waals surface area contributed by atoms with Crippen molar-refractivity contribution >= 4 is 28.6 Å². The fraction of sp³-hybridized carbons (Fsp3) is 0.267. The summed E-state index contributed by atoms with van der Waals surface area (Å²) in [6, 6.07) is 12.5. The van der Waals surface area contributed by atoms with E-state index < -0.39 is 24.7 Å². The topological polar surface area (TPSA) is 152 Å². The van der Waals surface area contributed by atoms with E-state index in [0.717, 1.165) is 51.1 Å². The SMILES string of the molecule is CCNCc1cncc(-c2ccc3[nH]nc(-c4ncc(C(=O)N[C@@H](CO)[C@@H](O)c5ccc(SC)cc5)[nH]4)c3c2)c1C. The van der Waals surface area contributed by atoms with E-state index in [1.165, 1.54) is 6.20 Å². The van der Waals surface area contributed by atoms with E-state index in [1.807, 2.05) is 49.0 Å². The molecule has 0 radical (unpaired) electrons. The minimum atomic E-state index is -1.08. The molecular formula is C30H33N7O3S. The molecule has 2 atom stereocenters. The Kier molecular flexibility index (Phi) is 8.79. The molecule has 41 heavy (non-hydrogen) atoms. The molecule has 0 aliphatic heterocycles. The van der Waals surface area contributed by atoms with Crippen molar-refractivity contribution in [2.75, 3.05) is 19.4 Å². The maximum absolute atomic E-state index is 13.0. The Labute approximate surface area is 242 Å². The second-order valence-corrected chi connectivity index (χ2v) is 10.6. The first kappa shape index (κ1) is 28.5. The first-order valence-electron chi connectivity index (χ1n) is 13.3. The second-order valence-electron chi connectivity index (χ2n) is 9.71. The summed E-state index contributed by atoms with van der Waals surface area (Å²) < 4.78 is 0. The fourth-order valence-electron chi connectivity index (χ4n) is 4.72. The number of aromatic amines is 2. The molecule has 0 spiro atoms. The lowest BCUT2D eigenvalue weighted by atomic mass is 9.98. The van der Waals surface area contributed by atoms with E-state index in [4.69, 9.17) is 0 Å². The van der Waals surface area contributed by atoms with Gasteiger partial charge in [-0.3, -0.25) is 14.9 Å². The molecule has 11 heteroatoms. The maximum Gasteiger partial charge on any atom is 0.269 e. The summed E-state index contributed by atoms with van der Waals surface area (Å²) in [4.78, 5) is 26.0. The number of carbonyl (C=O) groups is 1. The Hall–Kier alpha value is -4.03. The van der Waals surface area contributed by atoms with Gasteiger partial charge in [0.05, 0.1) is 24.4 Å². The molecule has 0 fully saturated rings. The number of H-pyrrole nitrogens is 2. The van der Waals surface area contributed by atoms with Crippen LogP contribution in [-0.2, 0) is 6.54 Å². The van der Waals surface area contributed by atoms with Crippen molar-refractivity contribution in [3.05, 3.63) is 83.4 Å².